The quantitative estimate of drug-likeness (QED) is 0.187. The lowest BCUT2D eigenvalue weighted by molar-refractivity contribution is -0.702. The number of ether oxygens (including phenoxy) is 1. The summed E-state index contributed by atoms with van der Waals surface area (Å²) in [6.45, 7) is 16.6. The number of piperazine rings is 1. The molecule has 2 aromatic carbocycles. The fourth-order valence-corrected chi connectivity index (χ4v) is 6.34. The van der Waals surface area contributed by atoms with Crippen molar-refractivity contribution in [2.75, 3.05) is 52.0 Å². The Balaban J connectivity index is 1.27. The zero-order chi connectivity index (χ0) is 32.4. The molecule has 0 radical (unpaired) electrons. The van der Waals surface area contributed by atoms with Crippen molar-refractivity contribution in [1.29, 1.82) is 0 Å². The molecule has 11 nitrogen and oxygen atoms in total. The summed E-state index contributed by atoms with van der Waals surface area (Å²) in [5, 5.41) is 0. The molecule has 0 unspecified atom stereocenters. The number of hydrogen-bond acceptors (Lipinski definition) is 7. The number of fused-ring (bicyclic) bond motifs is 1. The molecule has 1 amide bonds. The Kier molecular flexibility index (Phi) is 8.71. The third-order valence-corrected chi connectivity index (χ3v) is 8.94. The average molecular weight is 625 g/mol. The van der Waals surface area contributed by atoms with Gasteiger partial charge in [-0.2, -0.15) is 4.98 Å². The molecule has 2 saturated heterocycles. The van der Waals surface area contributed by atoms with E-state index in [1.165, 1.54) is 12.4 Å². The minimum atomic E-state index is -0.504. The van der Waals surface area contributed by atoms with Crippen LogP contribution < -0.4 is 15.0 Å². The van der Waals surface area contributed by atoms with Gasteiger partial charge in [0, 0.05) is 44.3 Å². The number of hydrogen-bond donors (Lipinski definition) is 1. The highest BCUT2D eigenvalue weighted by Crippen LogP contribution is 2.29. The van der Waals surface area contributed by atoms with Crippen LogP contribution in [0.25, 0.3) is 21.7 Å². The second-order valence-electron chi connectivity index (χ2n) is 12.5. The topological polar surface area (TPSA) is 101 Å². The van der Waals surface area contributed by atoms with Gasteiger partial charge in [-0.15, -0.1) is 0 Å². The Morgan fingerprint density at radius 2 is 1.87 bits per heavy atom. The van der Waals surface area contributed by atoms with Crippen LogP contribution in [0.15, 0.2) is 73.0 Å². The van der Waals surface area contributed by atoms with Gasteiger partial charge in [0.15, 0.2) is 24.3 Å². The second kappa shape index (κ2) is 12.9. The first-order valence-corrected chi connectivity index (χ1v) is 15.5. The molecule has 0 bridgehead atoms. The van der Waals surface area contributed by atoms with Crippen LogP contribution in [0.1, 0.15) is 32.7 Å². The number of benzene rings is 2. The summed E-state index contributed by atoms with van der Waals surface area (Å²) in [5.74, 6) is 0.395. The molecule has 0 saturated carbocycles. The van der Waals surface area contributed by atoms with Crippen molar-refractivity contribution in [2.24, 2.45) is 0 Å². The minimum Gasteiger partial charge on any atom is -0.457 e. The number of anilines is 1. The minimum absolute atomic E-state index is 0.128. The Bertz CT molecular complexity index is 1810. The van der Waals surface area contributed by atoms with E-state index in [0.29, 0.717) is 35.8 Å². The molecule has 6 rings (SSSR count). The van der Waals surface area contributed by atoms with E-state index in [1.807, 2.05) is 28.8 Å². The molecule has 2 aliphatic heterocycles. The summed E-state index contributed by atoms with van der Waals surface area (Å²) >= 11 is 0. The van der Waals surface area contributed by atoms with Crippen molar-refractivity contribution >= 4 is 22.9 Å². The van der Waals surface area contributed by atoms with E-state index in [4.69, 9.17) is 17.0 Å². The van der Waals surface area contributed by atoms with E-state index >= 15 is 4.39 Å². The molecule has 0 aliphatic carbocycles. The molecule has 12 heteroatoms. The van der Waals surface area contributed by atoms with Crippen LogP contribution in [0.4, 0.5) is 10.2 Å². The van der Waals surface area contributed by atoms with Crippen molar-refractivity contribution in [2.45, 2.75) is 38.3 Å². The Labute approximate surface area is 268 Å². The van der Waals surface area contributed by atoms with E-state index in [-0.39, 0.29) is 29.2 Å². The van der Waals surface area contributed by atoms with Crippen molar-refractivity contribution in [1.82, 2.24) is 29.2 Å². The van der Waals surface area contributed by atoms with Gasteiger partial charge in [-0.25, -0.2) is 18.4 Å². The third kappa shape index (κ3) is 6.29. The molecule has 2 aliphatic rings. The zero-order valence-corrected chi connectivity index (χ0v) is 26.4. The maximum atomic E-state index is 15.6. The van der Waals surface area contributed by atoms with E-state index in [0.717, 1.165) is 39.0 Å². The van der Waals surface area contributed by atoms with E-state index in [2.05, 4.69) is 45.5 Å². The van der Waals surface area contributed by atoms with Gasteiger partial charge in [-0.05, 0) is 58.0 Å². The highest BCUT2D eigenvalue weighted by Gasteiger charge is 2.35. The monoisotopic (exact) mass is 624 g/mol. The predicted molar refractivity (Wildman–Crippen MR) is 173 cm³/mol. The number of para-hydroxylation sites is 1. The summed E-state index contributed by atoms with van der Waals surface area (Å²) in [5.41, 5.74) is 7.30. The number of likely N-dealkylation sites (N-methyl/N-ethyl adjacent to an activating group) is 1. The maximum absolute atomic E-state index is 15.6. The summed E-state index contributed by atoms with van der Waals surface area (Å²) in [4.78, 5) is 32.5. The number of likely N-dealkylation sites (tertiary alicyclic amines) is 1. The van der Waals surface area contributed by atoms with Crippen molar-refractivity contribution in [3.63, 3.8) is 0 Å². The first-order chi connectivity index (χ1) is 22.1. The molecule has 238 valence electrons. The van der Waals surface area contributed by atoms with Crippen molar-refractivity contribution < 1.29 is 18.5 Å². The third-order valence-electron chi connectivity index (χ3n) is 8.94. The van der Waals surface area contributed by atoms with Gasteiger partial charge in [0.05, 0.1) is 19.2 Å². The maximum Gasteiger partial charge on any atom is 0.308 e. The van der Waals surface area contributed by atoms with Crippen LogP contribution in [0.2, 0.25) is 0 Å². The second-order valence-corrected chi connectivity index (χ2v) is 12.5. The highest BCUT2D eigenvalue weighted by atomic mass is 19.1. The summed E-state index contributed by atoms with van der Waals surface area (Å²) in [7, 11) is 2.10. The number of halogens is 1. The standard InChI is InChI=1S/C34H39FN9O2/c1-34(2,42-17-15-40(4)16-18-42)20-28(37-3)33(45)41-14-8-9-24(21-41)43-23-44(30-31(36)38-22-39-32(30)43)29-13-12-26(19-27(29)35)46-25-10-6-5-7-11-25/h5-7,10-13,19-20,22-24H,8-9,14-18,21H2,1-2,4H3,(H2,36,38,39)/q+1/t24-/m1/s1. The van der Waals surface area contributed by atoms with E-state index in [1.54, 1.807) is 40.1 Å². The number of nitrogen functional groups attached to an aromatic ring is 1. The predicted octanol–water partition coefficient (Wildman–Crippen LogP) is 4.21. The van der Waals surface area contributed by atoms with Crippen LogP contribution >= 0.6 is 0 Å². The smallest absolute Gasteiger partial charge is 0.308 e. The van der Waals surface area contributed by atoms with Gasteiger partial charge in [-0.1, -0.05) is 29.3 Å². The van der Waals surface area contributed by atoms with Crippen LogP contribution in [0.3, 0.4) is 0 Å². The molecule has 2 N–H and O–H groups in total. The van der Waals surface area contributed by atoms with Gasteiger partial charge in [0.2, 0.25) is 11.2 Å². The lowest BCUT2D eigenvalue weighted by Crippen LogP contribution is -2.53. The fourth-order valence-electron chi connectivity index (χ4n) is 6.34. The van der Waals surface area contributed by atoms with Crippen LogP contribution in [0, 0.1) is 12.4 Å². The van der Waals surface area contributed by atoms with Crippen LogP contribution in [0.5, 0.6) is 11.5 Å². The zero-order valence-electron chi connectivity index (χ0n) is 26.4. The molecule has 4 heterocycles. The van der Waals surface area contributed by atoms with Crippen LogP contribution in [-0.2, 0) is 4.79 Å². The molecular formula is C34H39FN9O2+. The van der Waals surface area contributed by atoms with Gasteiger partial charge in [0.1, 0.15) is 17.2 Å². The number of imidazole rings is 1. The SMILES string of the molecule is [C-]#[N+]C(=CC(C)(C)N1CCN(C)CC1)C(=O)N1CCC[C@@H]([n+]2cn(-c3ccc(Oc4ccccc4)cc3F)c3c(N)ncnc32)C1. The highest BCUT2D eigenvalue weighted by molar-refractivity contribution is 5.95. The lowest BCUT2D eigenvalue weighted by Gasteiger charge is -2.42. The largest absolute Gasteiger partial charge is 0.457 e. The molecule has 4 aromatic rings. The number of aromatic nitrogens is 4. The number of piperidine rings is 1. The van der Waals surface area contributed by atoms with Crippen molar-refractivity contribution in [3.8, 4) is 17.2 Å². The summed E-state index contributed by atoms with van der Waals surface area (Å²) in [6, 6.07) is 13.7. The molecule has 2 aromatic heterocycles. The van der Waals surface area contributed by atoms with Gasteiger partial charge >= 0.3 is 5.65 Å². The van der Waals surface area contributed by atoms with Gasteiger partial charge in [-0.3, -0.25) is 9.69 Å². The number of carbonyl (C=O) groups is 1. The van der Waals surface area contributed by atoms with Gasteiger partial charge < -0.3 is 20.3 Å². The Morgan fingerprint density at radius 3 is 2.59 bits per heavy atom. The normalized spacial score (nSPS) is 18.5. The number of carbonyl (C=O) groups excluding carboxylic acids is 1. The molecule has 0 spiro atoms. The number of nitrogens with two attached hydrogens (primary N) is 1. The molecule has 2 fully saturated rings. The first-order valence-electron chi connectivity index (χ1n) is 15.5. The average Bonchev–Trinajstić information content (AvgIpc) is 3.45. The van der Waals surface area contributed by atoms with E-state index in [9.17, 15) is 4.79 Å². The van der Waals surface area contributed by atoms with E-state index < -0.39 is 11.4 Å². The first kappa shape index (κ1) is 31.1. The summed E-state index contributed by atoms with van der Waals surface area (Å²) < 4.78 is 25.1. The number of nitrogens with zero attached hydrogens (tertiary/aromatic N) is 8. The van der Waals surface area contributed by atoms with Crippen molar-refractivity contribution in [3.05, 3.63) is 90.2 Å². The molecular weight excluding hydrogens is 585 g/mol. The Hall–Kier alpha value is -4.86. The summed E-state index contributed by atoms with van der Waals surface area (Å²) in [6.07, 6.45) is 6.49. The fraction of sp³-hybridized carbons (Fsp3) is 0.382. The molecule has 1 atom stereocenters. The van der Waals surface area contributed by atoms with Crippen LogP contribution in [-0.4, -0.2) is 87.0 Å². The van der Waals surface area contributed by atoms with Gasteiger partial charge in [0.25, 0.3) is 5.91 Å². The molecule has 46 heavy (non-hydrogen) atoms. The lowest BCUT2D eigenvalue weighted by atomic mass is 9.98. The Morgan fingerprint density at radius 1 is 1.11 bits per heavy atom. The number of rotatable bonds is 7. The number of amides is 1.